The number of ketones is 1. The Morgan fingerprint density at radius 3 is 2.85 bits per heavy atom. The summed E-state index contributed by atoms with van der Waals surface area (Å²) in [6.07, 6.45) is 7.47. The quantitative estimate of drug-likeness (QED) is 0.442. The summed E-state index contributed by atoms with van der Waals surface area (Å²) < 4.78 is 33.5. The number of hydrogen-bond donors (Lipinski definition) is 0. The predicted molar refractivity (Wildman–Crippen MR) is 103 cm³/mol. The van der Waals surface area contributed by atoms with Crippen LogP contribution in [-0.4, -0.2) is 29.8 Å². The van der Waals surface area contributed by atoms with Gasteiger partial charge in [-0.15, -0.1) is 0 Å². The molecule has 1 fully saturated rings. The number of alkyl halides is 2. The van der Waals surface area contributed by atoms with Crippen LogP contribution in [0, 0.1) is 5.92 Å². The van der Waals surface area contributed by atoms with Crippen molar-refractivity contribution in [1.29, 1.82) is 0 Å². The van der Waals surface area contributed by atoms with Gasteiger partial charge in [-0.3, -0.25) is 4.79 Å². The summed E-state index contributed by atoms with van der Waals surface area (Å²) in [7, 11) is 1.64. The molecular weight excluding hydrogens is 372 g/mol. The number of allylic oxidation sites excluding steroid dienone is 2. The van der Waals surface area contributed by atoms with E-state index in [2.05, 4.69) is 0 Å². The zero-order valence-corrected chi connectivity index (χ0v) is 16.1. The second-order valence-corrected chi connectivity index (χ2v) is 7.58. The van der Waals surface area contributed by atoms with Gasteiger partial charge in [0.15, 0.2) is 5.78 Å². The molecule has 2 heterocycles. The van der Waals surface area contributed by atoms with Gasteiger partial charge >= 0.3 is 0 Å². The highest BCUT2D eigenvalue weighted by Crippen LogP contribution is 2.37. The van der Waals surface area contributed by atoms with Gasteiger partial charge in [-0.05, 0) is 49.5 Å². The first-order chi connectivity index (χ1) is 12.9. The molecule has 3 rings (SSSR count). The Labute approximate surface area is 163 Å². The van der Waals surface area contributed by atoms with Crippen LogP contribution in [0.2, 0.25) is 5.02 Å². The number of nitrogens with zero attached hydrogens (tertiary/aromatic N) is 1. The Morgan fingerprint density at radius 2 is 2.15 bits per heavy atom. The summed E-state index contributed by atoms with van der Waals surface area (Å²) in [6, 6.07) is 5.46. The van der Waals surface area contributed by atoms with Crippen molar-refractivity contribution in [3.8, 4) is 0 Å². The van der Waals surface area contributed by atoms with E-state index >= 15 is 0 Å². The first kappa shape index (κ1) is 20.0. The molecule has 0 saturated heterocycles. The van der Waals surface area contributed by atoms with Crippen LogP contribution in [0.4, 0.5) is 8.78 Å². The summed E-state index contributed by atoms with van der Waals surface area (Å²) in [5.74, 6) is -2.41. The molecule has 2 aromatic heterocycles. The maximum atomic E-state index is 13.2. The normalized spacial score (nSPS) is 17.8. The van der Waals surface area contributed by atoms with Gasteiger partial charge in [0.2, 0.25) is 5.92 Å². The highest BCUT2D eigenvalue weighted by molar-refractivity contribution is 6.35. The summed E-state index contributed by atoms with van der Waals surface area (Å²) in [4.78, 5) is 12.7. The Kier molecular flexibility index (Phi) is 6.33. The molecule has 146 valence electrons. The number of aromatic nitrogens is 1. The van der Waals surface area contributed by atoms with E-state index in [9.17, 15) is 13.6 Å². The van der Waals surface area contributed by atoms with Crippen LogP contribution < -0.4 is 0 Å². The van der Waals surface area contributed by atoms with Crippen LogP contribution >= 0.6 is 11.6 Å². The monoisotopic (exact) mass is 395 g/mol. The molecule has 0 N–H and O–H groups in total. The summed E-state index contributed by atoms with van der Waals surface area (Å²) in [5.41, 5.74) is 2.20. The van der Waals surface area contributed by atoms with Crippen molar-refractivity contribution in [2.75, 3.05) is 13.7 Å². The number of ether oxygens (including phenoxy) is 1. The third-order valence-electron chi connectivity index (χ3n) is 5.22. The van der Waals surface area contributed by atoms with E-state index in [1.807, 2.05) is 28.8 Å². The van der Waals surface area contributed by atoms with Gasteiger partial charge in [-0.1, -0.05) is 17.7 Å². The lowest BCUT2D eigenvalue weighted by Crippen LogP contribution is -2.24. The minimum Gasteiger partial charge on any atom is -0.384 e. The van der Waals surface area contributed by atoms with Crippen molar-refractivity contribution in [2.45, 2.75) is 44.4 Å². The molecule has 0 radical (unpaired) electrons. The smallest absolute Gasteiger partial charge is 0.248 e. The maximum Gasteiger partial charge on any atom is 0.248 e. The van der Waals surface area contributed by atoms with Gasteiger partial charge in [-0.2, -0.15) is 0 Å². The number of hydrogen-bond acceptors (Lipinski definition) is 2. The maximum absolute atomic E-state index is 13.2. The number of carbonyl (C=O) groups excluding carboxylic acids is 1. The number of rotatable bonds is 7. The second kappa shape index (κ2) is 8.53. The number of fused-ring (bicyclic) bond motifs is 1. The fourth-order valence-corrected chi connectivity index (χ4v) is 3.93. The second-order valence-electron chi connectivity index (χ2n) is 7.17. The van der Waals surface area contributed by atoms with Gasteiger partial charge in [0.25, 0.3) is 0 Å². The predicted octanol–water partition coefficient (Wildman–Crippen LogP) is 5.74. The van der Waals surface area contributed by atoms with Crippen LogP contribution in [-0.2, 0) is 11.2 Å². The molecule has 0 amide bonds. The zero-order chi connectivity index (χ0) is 19.4. The van der Waals surface area contributed by atoms with Gasteiger partial charge in [0.1, 0.15) is 0 Å². The Balaban J connectivity index is 1.73. The van der Waals surface area contributed by atoms with Crippen molar-refractivity contribution >= 4 is 22.9 Å². The molecule has 0 unspecified atom stereocenters. The first-order valence-corrected chi connectivity index (χ1v) is 9.65. The highest BCUT2D eigenvalue weighted by atomic mass is 35.5. The molecular formula is C21H24ClF2NO2. The van der Waals surface area contributed by atoms with Gasteiger partial charge in [-0.25, -0.2) is 8.78 Å². The number of carbonyl (C=O) groups is 1. The van der Waals surface area contributed by atoms with Crippen molar-refractivity contribution in [2.24, 2.45) is 5.92 Å². The lowest BCUT2D eigenvalue weighted by molar-refractivity contribution is -0.0453. The molecule has 2 aromatic rings. The van der Waals surface area contributed by atoms with Gasteiger partial charge in [0, 0.05) is 43.8 Å². The summed E-state index contributed by atoms with van der Waals surface area (Å²) >= 11 is 6.34. The van der Waals surface area contributed by atoms with Crippen molar-refractivity contribution in [1.82, 2.24) is 4.40 Å². The molecule has 6 heteroatoms. The first-order valence-electron chi connectivity index (χ1n) is 9.27. The van der Waals surface area contributed by atoms with Crippen LogP contribution in [0.25, 0.3) is 5.52 Å². The third-order valence-corrected chi connectivity index (χ3v) is 5.53. The molecule has 0 bridgehead atoms. The molecule has 1 aliphatic rings. The van der Waals surface area contributed by atoms with Crippen molar-refractivity contribution in [3.63, 3.8) is 0 Å². The van der Waals surface area contributed by atoms with E-state index in [1.165, 1.54) is 0 Å². The lowest BCUT2D eigenvalue weighted by Gasteiger charge is -2.27. The van der Waals surface area contributed by atoms with E-state index < -0.39 is 5.92 Å². The van der Waals surface area contributed by atoms with Crippen LogP contribution in [0.1, 0.15) is 48.2 Å². The molecule has 0 atom stereocenters. The molecule has 1 saturated carbocycles. The largest absolute Gasteiger partial charge is 0.384 e. The average Bonchev–Trinajstić information content (AvgIpc) is 3.01. The van der Waals surface area contributed by atoms with E-state index in [4.69, 9.17) is 16.3 Å². The van der Waals surface area contributed by atoms with E-state index in [-0.39, 0.29) is 24.5 Å². The van der Waals surface area contributed by atoms with Gasteiger partial charge < -0.3 is 9.14 Å². The summed E-state index contributed by atoms with van der Waals surface area (Å²) in [6.45, 7) is 0.550. The standard InChI is InChI=1S/C21H24ClF2NO2/c1-27-13-9-16-14-17(20-18(22)5-3-12-25(16)20)19(26)6-2-4-15-7-10-21(23,24)11-8-15/h2-3,5-6,12,14-15H,4,7-11,13H2,1H3/b6-2+. The molecule has 0 aliphatic heterocycles. The van der Waals surface area contributed by atoms with Crippen molar-refractivity contribution < 1.29 is 18.3 Å². The van der Waals surface area contributed by atoms with Crippen LogP contribution in [0.5, 0.6) is 0 Å². The van der Waals surface area contributed by atoms with Crippen molar-refractivity contribution in [3.05, 3.63) is 52.8 Å². The third kappa shape index (κ3) is 4.77. The molecule has 0 spiro atoms. The highest BCUT2D eigenvalue weighted by Gasteiger charge is 2.34. The molecule has 3 nitrogen and oxygen atoms in total. The summed E-state index contributed by atoms with van der Waals surface area (Å²) in [5, 5.41) is 0.521. The molecule has 27 heavy (non-hydrogen) atoms. The fourth-order valence-electron chi connectivity index (χ4n) is 3.66. The van der Waals surface area contributed by atoms with E-state index in [0.717, 1.165) is 5.69 Å². The minimum atomic E-state index is -2.52. The molecule has 0 aromatic carbocycles. The average molecular weight is 396 g/mol. The zero-order valence-electron chi connectivity index (χ0n) is 15.4. The van der Waals surface area contributed by atoms with Crippen LogP contribution in [0.3, 0.4) is 0 Å². The minimum absolute atomic E-state index is 0.0535. The van der Waals surface area contributed by atoms with Crippen LogP contribution in [0.15, 0.2) is 36.5 Å². The Hall–Kier alpha value is -1.72. The Bertz CT molecular complexity index is 834. The van der Waals surface area contributed by atoms with E-state index in [0.29, 0.717) is 48.4 Å². The van der Waals surface area contributed by atoms with E-state index in [1.54, 1.807) is 19.3 Å². The lowest BCUT2D eigenvalue weighted by atomic mass is 9.84. The SMILES string of the molecule is COCCc1cc(C(=O)/C=C/CC2CCC(F)(F)CC2)c2c(Cl)cccn12. The number of pyridine rings is 1. The fraction of sp³-hybridized carbons (Fsp3) is 0.476. The molecule has 1 aliphatic carbocycles. The Morgan fingerprint density at radius 1 is 1.41 bits per heavy atom. The topological polar surface area (TPSA) is 30.7 Å². The van der Waals surface area contributed by atoms with Gasteiger partial charge in [0.05, 0.1) is 17.1 Å². The number of halogens is 3. The number of methoxy groups -OCH3 is 1.